The number of nitrogens with zero attached hydrogens (tertiary/aromatic N) is 2. The van der Waals surface area contributed by atoms with Crippen molar-refractivity contribution in [2.24, 2.45) is 0 Å². The van der Waals surface area contributed by atoms with Gasteiger partial charge in [0.1, 0.15) is 0 Å². The lowest BCUT2D eigenvalue weighted by molar-refractivity contribution is 1.29. The van der Waals surface area contributed by atoms with Crippen molar-refractivity contribution in [1.29, 1.82) is 0 Å². The van der Waals surface area contributed by atoms with Crippen molar-refractivity contribution < 1.29 is 0 Å². The number of fused-ring (bicyclic) bond motifs is 2. The maximum absolute atomic E-state index is 4.66. The molecule has 0 radical (unpaired) electrons. The molecule has 0 aliphatic carbocycles. The molecule has 8 heteroatoms. The first-order valence-electron chi connectivity index (χ1n) is 9.38. The number of rotatable bonds is 8. The van der Waals surface area contributed by atoms with Crippen LogP contribution < -0.4 is 10.6 Å². The third-order valence-electron chi connectivity index (χ3n) is 4.38. The Morgan fingerprint density at radius 3 is 1.47 bits per heavy atom. The number of nitrogens with one attached hydrogen (secondary N) is 2. The van der Waals surface area contributed by atoms with Crippen molar-refractivity contribution in [3.63, 3.8) is 0 Å². The summed E-state index contributed by atoms with van der Waals surface area (Å²) in [7, 11) is 0. The topological polar surface area (TPSA) is 49.8 Å². The summed E-state index contributed by atoms with van der Waals surface area (Å²) in [6, 6.07) is 24.9. The Morgan fingerprint density at radius 1 is 0.600 bits per heavy atom. The fourth-order valence-corrected chi connectivity index (χ4v) is 6.70. The predicted octanol–water partition coefficient (Wildman–Crippen LogP) is 7.23. The molecule has 0 bridgehead atoms. The molecule has 5 rings (SSSR count). The summed E-state index contributed by atoms with van der Waals surface area (Å²) in [5.41, 5.74) is 4.36. The highest BCUT2D eigenvalue weighted by Gasteiger charge is 2.05. The van der Waals surface area contributed by atoms with E-state index in [9.17, 15) is 0 Å². The zero-order valence-electron chi connectivity index (χ0n) is 15.9. The largest absolute Gasteiger partial charge is 0.376 e. The van der Waals surface area contributed by atoms with Gasteiger partial charge < -0.3 is 10.6 Å². The van der Waals surface area contributed by atoms with E-state index in [-0.39, 0.29) is 0 Å². The van der Waals surface area contributed by atoms with Gasteiger partial charge >= 0.3 is 0 Å². The summed E-state index contributed by atoms with van der Waals surface area (Å²) in [5, 5.41) is 6.90. The molecule has 5 aromatic rings. The molecule has 3 aromatic carbocycles. The summed E-state index contributed by atoms with van der Waals surface area (Å²) < 4.78 is 4.65. The minimum absolute atomic E-state index is 0.792. The monoisotopic (exact) mass is 466 g/mol. The van der Waals surface area contributed by atoms with Crippen LogP contribution in [-0.4, -0.2) is 21.7 Å². The van der Waals surface area contributed by atoms with E-state index in [0.717, 1.165) is 42.8 Å². The van der Waals surface area contributed by atoms with E-state index in [1.807, 2.05) is 12.1 Å². The van der Waals surface area contributed by atoms with E-state index in [1.54, 1.807) is 46.2 Å². The Bertz CT molecular complexity index is 1100. The summed E-state index contributed by atoms with van der Waals surface area (Å²) in [6.45, 7) is 0. The molecule has 2 heterocycles. The van der Waals surface area contributed by atoms with Gasteiger partial charge in [-0.25, -0.2) is 9.97 Å². The van der Waals surface area contributed by atoms with Gasteiger partial charge in [0, 0.05) is 11.4 Å². The lowest BCUT2D eigenvalue weighted by atomic mass is 10.3. The molecule has 2 aromatic heterocycles. The van der Waals surface area contributed by atoms with Gasteiger partial charge in [-0.3, -0.25) is 0 Å². The first-order chi connectivity index (χ1) is 14.8. The zero-order valence-corrected chi connectivity index (χ0v) is 19.1. The molecule has 0 atom stereocenters. The Labute approximate surface area is 191 Å². The van der Waals surface area contributed by atoms with Crippen LogP contribution in [0.25, 0.3) is 20.4 Å². The number of para-hydroxylation sites is 2. The van der Waals surface area contributed by atoms with Crippen LogP contribution in [0.5, 0.6) is 0 Å². The standard InChI is InChI=1S/C22H18N4S4/c1-3-7-19-17(5-1)25-21(29-19)27-13-23-15-9-11-16(12-10-15)24-14-28-22-26-18-6-2-4-8-20(18)30-22/h1-12,23-24H,13-14H2. The lowest BCUT2D eigenvalue weighted by Crippen LogP contribution is -1.99. The number of benzene rings is 3. The number of thioether (sulfide) groups is 2. The van der Waals surface area contributed by atoms with E-state index in [0.29, 0.717) is 0 Å². The highest BCUT2D eigenvalue weighted by molar-refractivity contribution is 8.01. The maximum Gasteiger partial charge on any atom is 0.152 e. The minimum Gasteiger partial charge on any atom is -0.376 e. The van der Waals surface area contributed by atoms with Crippen molar-refractivity contribution >= 4 is 78.0 Å². The van der Waals surface area contributed by atoms with Gasteiger partial charge in [0.15, 0.2) is 8.68 Å². The van der Waals surface area contributed by atoms with Gasteiger partial charge in [0.2, 0.25) is 0 Å². The fraction of sp³-hybridized carbons (Fsp3) is 0.0909. The Morgan fingerprint density at radius 2 is 1.03 bits per heavy atom. The molecular formula is C22H18N4S4. The summed E-state index contributed by atoms with van der Waals surface area (Å²) in [4.78, 5) is 9.31. The van der Waals surface area contributed by atoms with E-state index in [4.69, 9.17) is 0 Å². The molecule has 150 valence electrons. The SMILES string of the molecule is c1ccc2sc(SCNc3ccc(NCSc4nc5ccccc5s4)cc3)nc2c1. The summed E-state index contributed by atoms with van der Waals surface area (Å²) in [5.74, 6) is 1.58. The number of anilines is 2. The second kappa shape index (κ2) is 9.26. The van der Waals surface area contributed by atoms with Gasteiger partial charge in [-0.05, 0) is 48.5 Å². The van der Waals surface area contributed by atoms with Crippen LogP contribution in [0, 0.1) is 0 Å². The third kappa shape index (κ3) is 4.73. The maximum atomic E-state index is 4.66. The molecular weight excluding hydrogens is 449 g/mol. The molecule has 30 heavy (non-hydrogen) atoms. The molecule has 0 amide bonds. The van der Waals surface area contributed by atoms with Gasteiger partial charge in [0.05, 0.1) is 32.2 Å². The first kappa shape index (κ1) is 19.7. The summed E-state index contributed by atoms with van der Waals surface area (Å²) in [6.07, 6.45) is 0. The molecule has 2 N–H and O–H groups in total. The Hall–Kier alpha value is -2.26. The van der Waals surface area contributed by atoms with Crippen molar-refractivity contribution in [3.8, 4) is 0 Å². The molecule has 0 fully saturated rings. The average molecular weight is 467 g/mol. The van der Waals surface area contributed by atoms with E-state index in [1.165, 1.54) is 9.40 Å². The van der Waals surface area contributed by atoms with Gasteiger partial charge in [-0.2, -0.15) is 0 Å². The van der Waals surface area contributed by atoms with Crippen molar-refractivity contribution in [2.45, 2.75) is 8.68 Å². The average Bonchev–Trinajstić information content (AvgIpc) is 3.38. The van der Waals surface area contributed by atoms with Crippen LogP contribution in [0.2, 0.25) is 0 Å². The molecule has 0 saturated carbocycles. The van der Waals surface area contributed by atoms with Crippen LogP contribution in [0.3, 0.4) is 0 Å². The second-order valence-corrected chi connectivity index (χ2v) is 10.9. The third-order valence-corrected chi connectivity index (χ3v) is 8.50. The first-order valence-corrected chi connectivity index (χ1v) is 13.0. The number of thiazole rings is 2. The normalized spacial score (nSPS) is 11.2. The minimum atomic E-state index is 0.792. The molecule has 0 unspecified atom stereocenters. The molecule has 4 nitrogen and oxygen atoms in total. The Balaban J connectivity index is 1.09. The molecule has 0 spiro atoms. The van der Waals surface area contributed by atoms with Crippen LogP contribution in [0.4, 0.5) is 11.4 Å². The molecule has 0 saturated heterocycles. The van der Waals surface area contributed by atoms with E-state index >= 15 is 0 Å². The highest BCUT2D eigenvalue weighted by atomic mass is 32.2. The quantitative estimate of drug-likeness (QED) is 0.186. The van der Waals surface area contributed by atoms with E-state index < -0.39 is 0 Å². The zero-order chi connectivity index (χ0) is 20.2. The predicted molar refractivity (Wildman–Crippen MR) is 134 cm³/mol. The van der Waals surface area contributed by atoms with E-state index in [2.05, 4.69) is 81.3 Å². The highest BCUT2D eigenvalue weighted by Crippen LogP contribution is 2.30. The van der Waals surface area contributed by atoms with Crippen molar-refractivity contribution in [1.82, 2.24) is 9.97 Å². The van der Waals surface area contributed by atoms with Gasteiger partial charge in [-0.1, -0.05) is 47.8 Å². The number of hydrogen-bond acceptors (Lipinski definition) is 8. The van der Waals surface area contributed by atoms with Crippen LogP contribution >= 0.6 is 46.2 Å². The molecule has 0 aliphatic rings. The molecule has 0 aliphatic heterocycles. The number of aromatic nitrogens is 2. The number of hydrogen-bond donors (Lipinski definition) is 2. The lowest BCUT2D eigenvalue weighted by Gasteiger charge is -2.08. The smallest absolute Gasteiger partial charge is 0.152 e. The Kier molecular flexibility index (Phi) is 6.08. The van der Waals surface area contributed by atoms with Crippen LogP contribution in [0.15, 0.2) is 81.5 Å². The van der Waals surface area contributed by atoms with Crippen molar-refractivity contribution in [3.05, 3.63) is 72.8 Å². The van der Waals surface area contributed by atoms with Crippen LogP contribution in [0.1, 0.15) is 0 Å². The van der Waals surface area contributed by atoms with Crippen LogP contribution in [-0.2, 0) is 0 Å². The van der Waals surface area contributed by atoms with Gasteiger partial charge in [0.25, 0.3) is 0 Å². The second-order valence-electron chi connectivity index (χ2n) is 6.40. The van der Waals surface area contributed by atoms with Gasteiger partial charge in [-0.15, -0.1) is 22.7 Å². The summed E-state index contributed by atoms with van der Waals surface area (Å²) >= 11 is 6.94. The fourth-order valence-electron chi connectivity index (χ4n) is 2.89. The van der Waals surface area contributed by atoms with Crippen molar-refractivity contribution in [2.75, 3.05) is 22.4 Å².